The molecule has 0 spiro atoms. The number of ether oxygens (including phenoxy) is 1. The second kappa shape index (κ2) is 3.77. The summed E-state index contributed by atoms with van der Waals surface area (Å²) in [6.45, 7) is 5.02. The molecule has 0 amide bonds. The van der Waals surface area contributed by atoms with Crippen molar-refractivity contribution in [1.82, 2.24) is 0 Å². The molecule has 0 saturated carbocycles. The second-order valence-electron chi connectivity index (χ2n) is 2.77. The van der Waals surface area contributed by atoms with E-state index in [0.29, 0.717) is 6.10 Å². The highest BCUT2D eigenvalue weighted by atomic mass is 16.5. The minimum absolute atomic E-state index is 0.368. The quantitative estimate of drug-likeness (QED) is 0.547. The van der Waals surface area contributed by atoms with Crippen LogP contribution in [0, 0.1) is 0 Å². The first-order valence-electron chi connectivity index (χ1n) is 4.15. The number of rotatable bonds is 3. The molecule has 1 atom stereocenters. The lowest BCUT2D eigenvalue weighted by Gasteiger charge is -2.11. The van der Waals surface area contributed by atoms with Gasteiger partial charge in [0.05, 0.1) is 6.10 Å². The van der Waals surface area contributed by atoms with E-state index in [4.69, 9.17) is 4.74 Å². The van der Waals surface area contributed by atoms with Crippen LogP contribution in [0.5, 0.6) is 0 Å². The Labute approximate surface area is 63.1 Å². The lowest BCUT2D eigenvalue weighted by atomic mass is 10.1. The highest BCUT2D eigenvalue weighted by Gasteiger charge is 2.11. The summed E-state index contributed by atoms with van der Waals surface area (Å²) in [6.07, 6.45) is 6.52. The molecule has 0 radical (unpaired) electrons. The van der Waals surface area contributed by atoms with Crippen LogP contribution in [0.1, 0.15) is 33.1 Å². The molecule has 0 N–H and O–H groups in total. The predicted octanol–water partition coefficient (Wildman–Crippen LogP) is 2.52. The molecule has 58 valence electrons. The molecule has 1 aliphatic carbocycles. The summed E-state index contributed by atoms with van der Waals surface area (Å²) < 4.78 is 5.46. The third kappa shape index (κ3) is 1.84. The average Bonchev–Trinajstić information content (AvgIpc) is 2.38. The monoisotopic (exact) mass is 140 g/mol. The molecule has 10 heavy (non-hydrogen) atoms. The maximum atomic E-state index is 5.46. The van der Waals surface area contributed by atoms with Crippen LogP contribution >= 0.6 is 0 Å². The van der Waals surface area contributed by atoms with Crippen molar-refractivity contribution < 1.29 is 4.74 Å². The summed E-state index contributed by atoms with van der Waals surface area (Å²) in [5, 5.41) is 0. The first-order valence-corrected chi connectivity index (χ1v) is 4.15. The van der Waals surface area contributed by atoms with Gasteiger partial charge in [-0.1, -0.05) is 6.08 Å². The molecule has 0 bridgehead atoms. The largest absolute Gasteiger partial charge is 0.374 e. The Balaban J connectivity index is 2.32. The van der Waals surface area contributed by atoms with Crippen LogP contribution in [-0.4, -0.2) is 12.7 Å². The molecule has 1 aliphatic rings. The van der Waals surface area contributed by atoms with E-state index in [1.165, 1.54) is 24.8 Å². The molecule has 1 heteroatoms. The number of allylic oxidation sites excluding steroid dienone is 1. The van der Waals surface area contributed by atoms with E-state index in [1.54, 1.807) is 0 Å². The molecule has 0 saturated heterocycles. The molecule has 1 rings (SSSR count). The van der Waals surface area contributed by atoms with Gasteiger partial charge >= 0.3 is 0 Å². The zero-order valence-corrected chi connectivity index (χ0v) is 6.89. The van der Waals surface area contributed by atoms with Gasteiger partial charge in [-0.3, -0.25) is 0 Å². The Morgan fingerprint density at radius 1 is 1.70 bits per heavy atom. The van der Waals surface area contributed by atoms with Crippen LogP contribution in [0.15, 0.2) is 11.6 Å². The molecule has 0 heterocycles. The zero-order chi connectivity index (χ0) is 7.40. The normalized spacial score (nSPS) is 20.8. The van der Waals surface area contributed by atoms with Crippen molar-refractivity contribution in [3.63, 3.8) is 0 Å². The van der Waals surface area contributed by atoms with Gasteiger partial charge in [-0.25, -0.2) is 0 Å². The van der Waals surface area contributed by atoms with Crippen molar-refractivity contribution in [2.24, 2.45) is 0 Å². The highest BCUT2D eigenvalue weighted by molar-refractivity contribution is 5.11. The van der Waals surface area contributed by atoms with E-state index in [-0.39, 0.29) is 0 Å². The van der Waals surface area contributed by atoms with Gasteiger partial charge in [0.25, 0.3) is 0 Å². The second-order valence-corrected chi connectivity index (χ2v) is 2.77. The minimum Gasteiger partial charge on any atom is -0.374 e. The Kier molecular flexibility index (Phi) is 2.94. The van der Waals surface area contributed by atoms with Crippen molar-refractivity contribution in [2.75, 3.05) is 6.61 Å². The van der Waals surface area contributed by atoms with E-state index in [2.05, 4.69) is 13.0 Å². The molecule has 0 aromatic heterocycles. The zero-order valence-electron chi connectivity index (χ0n) is 6.89. The van der Waals surface area contributed by atoms with Gasteiger partial charge in [0.1, 0.15) is 0 Å². The van der Waals surface area contributed by atoms with Crippen LogP contribution < -0.4 is 0 Å². The van der Waals surface area contributed by atoms with Crippen molar-refractivity contribution in [2.45, 2.75) is 39.2 Å². The Bertz CT molecular complexity index is 127. The van der Waals surface area contributed by atoms with Crippen molar-refractivity contribution in [3.8, 4) is 0 Å². The smallest absolute Gasteiger partial charge is 0.0756 e. The molecule has 0 aromatic rings. The van der Waals surface area contributed by atoms with E-state index >= 15 is 0 Å². The fourth-order valence-corrected chi connectivity index (χ4v) is 1.42. The molecule has 1 unspecified atom stereocenters. The third-order valence-corrected chi connectivity index (χ3v) is 2.01. The first kappa shape index (κ1) is 7.80. The summed E-state index contributed by atoms with van der Waals surface area (Å²) in [7, 11) is 0. The van der Waals surface area contributed by atoms with Crippen molar-refractivity contribution >= 4 is 0 Å². The molecular weight excluding hydrogens is 124 g/mol. The molecular formula is C9H16O. The van der Waals surface area contributed by atoms with Crippen LogP contribution in [0.3, 0.4) is 0 Å². The Morgan fingerprint density at radius 2 is 2.50 bits per heavy atom. The SMILES string of the molecule is CCOC(C)C1=CCCC1. The van der Waals surface area contributed by atoms with Crippen LogP contribution in [0.2, 0.25) is 0 Å². The number of hydrogen-bond donors (Lipinski definition) is 0. The van der Waals surface area contributed by atoms with Crippen LogP contribution in [0.25, 0.3) is 0 Å². The van der Waals surface area contributed by atoms with Gasteiger partial charge in [-0.05, 0) is 38.7 Å². The highest BCUT2D eigenvalue weighted by Crippen LogP contribution is 2.22. The summed E-state index contributed by atoms with van der Waals surface area (Å²) in [6, 6.07) is 0. The summed E-state index contributed by atoms with van der Waals surface area (Å²) >= 11 is 0. The van der Waals surface area contributed by atoms with Gasteiger partial charge in [0.15, 0.2) is 0 Å². The summed E-state index contributed by atoms with van der Waals surface area (Å²) in [4.78, 5) is 0. The fourth-order valence-electron chi connectivity index (χ4n) is 1.42. The minimum atomic E-state index is 0.368. The molecule has 0 fully saturated rings. The predicted molar refractivity (Wildman–Crippen MR) is 43.0 cm³/mol. The lowest BCUT2D eigenvalue weighted by Crippen LogP contribution is -2.09. The van der Waals surface area contributed by atoms with Crippen LogP contribution in [0.4, 0.5) is 0 Å². The maximum Gasteiger partial charge on any atom is 0.0756 e. The van der Waals surface area contributed by atoms with Crippen molar-refractivity contribution in [1.29, 1.82) is 0 Å². The molecule has 0 aromatic carbocycles. The van der Waals surface area contributed by atoms with E-state index in [9.17, 15) is 0 Å². The summed E-state index contributed by atoms with van der Waals surface area (Å²) in [5.41, 5.74) is 1.50. The van der Waals surface area contributed by atoms with E-state index < -0.39 is 0 Å². The van der Waals surface area contributed by atoms with Gasteiger partial charge < -0.3 is 4.74 Å². The van der Waals surface area contributed by atoms with E-state index in [0.717, 1.165) is 6.61 Å². The van der Waals surface area contributed by atoms with Gasteiger partial charge in [-0.15, -0.1) is 0 Å². The topological polar surface area (TPSA) is 9.23 Å². The molecule has 1 nitrogen and oxygen atoms in total. The number of hydrogen-bond acceptors (Lipinski definition) is 1. The first-order chi connectivity index (χ1) is 4.84. The van der Waals surface area contributed by atoms with Crippen LogP contribution in [-0.2, 0) is 4.74 Å². The van der Waals surface area contributed by atoms with Gasteiger partial charge in [0, 0.05) is 6.61 Å². The third-order valence-electron chi connectivity index (χ3n) is 2.01. The Morgan fingerprint density at radius 3 is 3.00 bits per heavy atom. The summed E-state index contributed by atoms with van der Waals surface area (Å²) in [5.74, 6) is 0. The fraction of sp³-hybridized carbons (Fsp3) is 0.778. The van der Waals surface area contributed by atoms with Crippen molar-refractivity contribution in [3.05, 3.63) is 11.6 Å². The maximum absolute atomic E-state index is 5.46. The van der Waals surface area contributed by atoms with Gasteiger partial charge in [-0.2, -0.15) is 0 Å². The van der Waals surface area contributed by atoms with Gasteiger partial charge in [0.2, 0.25) is 0 Å². The average molecular weight is 140 g/mol. The van der Waals surface area contributed by atoms with E-state index in [1.807, 2.05) is 6.92 Å². The Hall–Kier alpha value is -0.300. The lowest BCUT2D eigenvalue weighted by molar-refractivity contribution is 0.0997. The standard InChI is InChI=1S/C9H16O/c1-3-10-8(2)9-6-4-5-7-9/h6,8H,3-5,7H2,1-2H3. The molecule has 0 aliphatic heterocycles.